The molecule has 1 atom stereocenters. The van der Waals surface area contributed by atoms with Gasteiger partial charge in [0.2, 0.25) is 0 Å². The van der Waals surface area contributed by atoms with Crippen LogP contribution in [0.15, 0.2) is 34.7 Å². The Bertz CT molecular complexity index is 752. The largest absolute Gasteiger partial charge is 0.497 e. The van der Waals surface area contributed by atoms with Crippen LogP contribution in [0.5, 0.6) is 5.75 Å². The summed E-state index contributed by atoms with van der Waals surface area (Å²) >= 11 is 0. The predicted molar refractivity (Wildman–Crippen MR) is 104 cm³/mol. The number of furan rings is 1. The molecule has 1 unspecified atom stereocenters. The number of aliphatic hydroxyl groups is 1. The lowest BCUT2D eigenvalue weighted by Gasteiger charge is -2.41. The number of halogens is 1. The summed E-state index contributed by atoms with van der Waals surface area (Å²) in [6, 6.07) is 9.05. The van der Waals surface area contributed by atoms with Gasteiger partial charge in [0, 0.05) is 57.6 Å². The SMILES string of the molecule is COCc1ccc(CN2CCN(Cc3ccc(OC)cc3F)C(CCO)C2)o1. The van der Waals surface area contributed by atoms with Crippen molar-refractivity contribution in [2.24, 2.45) is 0 Å². The molecule has 2 aromatic rings. The molecule has 6 nitrogen and oxygen atoms in total. The van der Waals surface area contributed by atoms with Gasteiger partial charge >= 0.3 is 0 Å². The van der Waals surface area contributed by atoms with Gasteiger partial charge in [0.25, 0.3) is 0 Å². The summed E-state index contributed by atoms with van der Waals surface area (Å²) in [5.74, 6) is 1.98. The average Bonchev–Trinajstić information content (AvgIpc) is 3.12. The molecule has 28 heavy (non-hydrogen) atoms. The molecule has 0 amide bonds. The second-order valence-corrected chi connectivity index (χ2v) is 7.13. The second-order valence-electron chi connectivity index (χ2n) is 7.13. The van der Waals surface area contributed by atoms with Crippen LogP contribution < -0.4 is 4.74 Å². The summed E-state index contributed by atoms with van der Waals surface area (Å²) in [4.78, 5) is 4.56. The number of hydrogen-bond donors (Lipinski definition) is 1. The molecule has 0 radical (unpaired) electrons. The van der Waals surface area contributed by atoms with Crippen LogP contribution >= 0.6 is 0 Å². The number of methoxy groups -OCH3 is 2. The van der Waals surface area contributed by atoms with Gasteiger partial charge in [-0.1, -0.05) is 6.07 Å². The van der Waals surface area contributed by atoms with Crippen LogP contribution in [0.25, 0.3) is 0 Å². The number of nitrogens with zero attached hydrogens (tertiary/aromatic N) is 2. The minimum Gasteiger partial charge on any atom is -0.497 e. The van der Waals surface area contributed by atoms with Crippen molar-refractivity contribution in [3.8, 4) is 5.75 Å². The van der Waals surface area contributed by atoms with Gasteiger partial charge in [-0.15, -0.1) is 0 Å². The number of aliphatic hydroxyl groups excluding tert-OH is 1. The third-order valence-corrected chi connectivity index (χ3v) is 5.17. The zero-order valence-corrected chi connectivity index (χ0v) is 16.6. The average molecular weight is 392 g/mol. The summed E-state index contributed by atoms with van der Waals surface area (Å²) in [5.41, 5.74) is 0.646. The van der Waals surface area contributed by atoms with E-state index in [2.05, 4.69) is 9.80 Å². The Morgan fingerprint density at radius 2 is 1.96 bits per heavy atom. The van der Waals surface area contributed by atoms with Gasteiger partial charge in [0.1, 0.15) is 29.7 Å². The number of rotatable bonds is 9. The molecular formula is C21H29FN2O4. The van der Waals surface area contributed by atoms with Gasteiger partial charge in [-0.05, 0) is 24.6 Å². The zero-order valence-electron chi connectivity index (χ0n) is 16.6. The number of ether oxygens (including phenoxy) is 2. The van der Waals surface area contributed by atoms with E-state index in [1.807, 2.05) is 12.1 Å². The molecule has 1 N–H and O–H groups in total. The standard InChI is InChI=1S/C21H29FN2O4/c1-26-15-20-6-5-19(28-20)14-23-8-9-24(17(13-23)7-10-25)12-16-3-4-18(27-2)11-21(16)22/h3-6,11,17,25H,7-10,12-15H2,1-2H3. The van der Waals surface area contributed by atoms with Crippen molar-refractivity contribution in [2.45, 2.75) is 32.2 Å². The van der Waals surface area contributed by atoms with E-state index in [0.29, 0.717) is 30.9 Å². The summed E-state index contributed by atoms with van der Waals surface area (Å²) in [7, 11) is 3.18. The van der Waals surface area contributed by atoms with E-state index in [1.165, 1.54) is 13.2 Å². The van der Waals surface area contributed by atoms with Crippen LogP contribution in [0.2, 0.25) is 0 Å². The van der Waals surface area contributed by atoms with Crippen molar-refractivity contribution in [2.75, 3.05) is 40.5 Å². The Balaban J connectivity index is 1.61. The highest BCUT2D eigenvalue weighted by atomic mass is 19.1. The molecule has 3 rings (SSSR count). The molecule has 1 aromatic carbocycles. The molecule has 1 aliphatic rings. The summed E-state index contributed by atoms with van der Waals surface area (Å²) in [6.45, 7) is 4.29. The highest BCUT2D eigenvalue weighted by molar-refractivity contribution is 5.29. The minimum atomic E-state index is -0.259. The molecule has 7 heteroatoms. The Morgan fingerprint density at radius 3 is 2.68 bits per heavy atom. The van der Waals surface area contributed by atoms with Crippen molar-refractivity contribution in [3.63, 3.8) is 0 Å². The normalized spacial score (nSPS) is 18.5. The predicted octanol–water partition coefficient (Wildman–Crippen LogP) is 2.64. The third-order valence-electron chi connectivity index (χ3n) is 5.17. The van der Waals surface area contributed by atoms with Crippen molar-refractivity contribution >= 4 is 0 Å². The van der Waals surface area contributed by atoms with E-state index in [4.69, 9.17) is 13.9 Å². The van der Waals surface area contributed by atoms with Crippen molar-refractivity contribution < 1.29 is 23.4 Å². The Kier molecular flexibility index (Phi) is 7.44. The quantitative estimate of drug-likeness (QED) is 0.708. The first kappa shape index (κ1) is 20.8. The number of piperazine rings is 1. The Morgan fingerprint density at radius 1 is 1.14 bits per heavy atom. The van der Waals surface area contributed by atoms with E-state index in [9.17, 15) is 9.50 Å². The smallest absolute Gasteiger partial charge is 0.131 e. The second kappa shape index (κ2) is 10.0. The fraction of sp³-hybridized carbons (Fsp3) is 0.524. The van der Waals surface area contributed by atoms with Crippen molar-refractivity contribution in [1.29, 1.82) is 0 Å². The van der Waals surface area contributed by atoms with Crippen LogP contribution in [0.3, 0.4) is 0 Å². The lowest BCUT2D eigenvalue weighted by molar-refractivity contribution is 0.0456. The lowest BCUT2D eigenvalue weighted by Crippen LogP contribution is -2.52. The molecule has 1 fully saturated rings. The van der Waals surface area contributed by atoms with Gasteiger partial charge in [0.15, 0.2) is 0 Å². The molecule has 0 bridgehead atoms. The first-order valence-corrected chi connectivity index (χ1v) is 9.59. The molecule has 1 saturated heterocycles. The maximum absolute atomic E-state index is 14.3. The summed E-state index contributed by atoms with van der Waals surface area (Å²) < 4.78 is 30.3. The van der Waals surface area contributed by atoms with Crippen LogP contribution in [-0.2, 0) is 24.4 Å². The number of benzene rings is 1. The fourth-order valence-electron chi connectivity index (χ4n) is 3.68. The van der Waals surface area contributed by atoms with E-state index >= 15 is 0 Å². The van der Waals surface area contributed by atoms with Crippen LogP contribution in [0.1, 0.15) is 23.5 Å². The molecule has 0 aliphatic carbocycles. The van der Waals surface area contributed by atoms with Gasteiger partial charge < -0.3 is 19.0 Å². The number of hydrogen-bond acceptors (Lipinski definition) is 6. The van der Waals surface area contributed by atoms with E-state index in [-0.39, 0.29) is 18.5 Å². The van der Waals surface area contributed by atoms with Crippen LogP contribution in [-0.4, -0.2) is 61.4 Å². The van der Waals surface area contributed by atoms with Gasteiger partial charge in [-0.25, -0.2) is 4.39 Å². The van der Waals surface area contributed by atoms with Crippen molar-refractivity contribution in [1.82, 2.24) is 9.80 Å². The van der Waals surface area contributed by atoms with Gasteiger partial charge in [-0.3, -0.25) is 9.80 Å². The monoisotopic (exact) mass is 392 g/mol. The summed E-state index contributed by atoms with van der Waals surface area (Å²) in [6.07, 6.45) is 0.654. The van der Waals surface area contributed by atoms with E-state index in [1.54, 1.807) is 19.2 Å². The third kappa shape index (κ3) is 5.32. The maximum atomic E-state index is 14.3. The molecular weight excluding hydrogens is 363 g/mol. The molecule has 1 aromatic heterocycles. The zero-order chi connectivity index (χ0) is 19.9. The van der Waals surface area contributed by atoms with Crippen LogP contribution in [0, 0.1) is 5.82 Å². The first-order chi connectivity index (χ1) is 13.6. The van der Waals surface area contributed by atoms with Gasteiger partial charge in [-0.2, -0.15) is 0 Å². The van der Waals surface area contributed by atoms with Gasteiger partial charge in [0.05, 0.1) is 13.7 Å². The first-order valence-electron chi connectivity index (χ1n) is 9.59. The molecule has 0 saturated carbocycles. The minimum absolute atomic E-state index is 0.110. The lowest BCUT2D eigenvalue weighted by atomic mass is 10.1. The molecule has 0 spiro atoms. The van der Waals surface area contributed by atoms with Crippen LogP contribution in [0.4, 0.5) is 4.39 Å². The highest BCUT2D eigenvalue weighted by Gasteiger charge is 2.27. The molecule has 2 heterocycles. The van der Waals surface area contributed by atoms with E-state index < -0.39 is 0 Å². The fourth-order valence-corrected chi connectivity index (χ4v) is 3.68. The molecule has 154 valence electrons. The topological polar surface area (TPSA) is 58.3 Å². The van der Waals surface area contributed by atoms with Crippen molar-refractivity contribution in [3.05, 3.63) is 53.2 Å². The van der Waals surface area contributed by atoms with E-state index in [0.717, 1.165) is 37.7 Å². The molecule has 1 aliphatic heterocycles. The summed E-state index contributed by atoms with van der Waals surface area (Å²) in [5, 5.41) is 9.50. The highest BCUT2D eigenvalue weighted by Crippen LogP contribution is 2.22. The Hall–Kier alpha value is -1.93. The Labute approximate surface area is 165 Å². The maximum Gasteiger partial charge on any atom is 0.131 e.